The van der Waals surface area contributed by atoms with Crippen molar-refractivity contribution >= 4 is 16.7 Å². The predicted octanol–water partition coefficient (Wildman–Crippen LogP) is 0.946. The third-order valence-electron chi connectivity index (χ3n) is 3.32. The Balaban J connectivity index is 2.64. The van der Waals surface area contributed by atoms with Gasteiger partial charge < -0.3 is 4.90 Å². The van der Waals surface area contributed by atoms with Crippen molar-refractivity contribution in [2.75, 3.05) is 12.0 Å². The lowest BCUT2D eigenvalue weighted by Crippen LogP contribution is -2.42. The first kappa shape index (κ1) is 14.6. The van der Waals surface area contributed by atoms with Gasteiger partial charge in [-0.2, -0.15) is 0 Å². The molecule has 1 heterocycles. The van der Waals surface area contributed by atoms with Crippen molar-refractivity contribution in [2.45, 2.75) is 52.4 Å². The second-order valence-corrected chi connectivity index (χ2v) is 6.78. The summed E-state index contributed by atoms with van der Waals surface area (Å²) in [6.45, 7) is 8.15. The maximum atomic E-state index is 12.2. The largest absolute Gasteiger partial charge is 0.323 e. The van der Waals surface area contributed by atoms with E-state index in [9.17, 15) is 9.00 Å². The van der Waals surface area contributed by atoms with Crippen molar-refractivity contribution < 1.29 is 9.00 Å². The number of nitrogens with one attached hydrogen (secondary N) is 1. The van der Waals surface area contributed by atoms with Crippen LogP contribution in [0.5, 0.6) is 0 Å². The maximum absolute atomic E-state index is 12.2. The van der Waals surface area contributed by atoms with Crippen LogP contribution in [-0.4, -0.2) is 45.3 Å². The minimum absolute atomic E-state index is 0.0698. The summed E-state index contributed by atoms with van der Waals surface area (Å²) in [6.07, 6.45) is 2.58. The van der Waals surface area contributed by atoms with Crippen LogP contribution in [0.15, 0.2) is 0 Å². The zero-order valence-electron chi connectivity index (χ0n) is 11.4. The molecule has 0 aromatic carbocycles. The third kappa shape index (κ3) is 3.52. The minimum Gasteiger partial charge on any atom is -0.323 e. The molecule has 0 spiro atoms. The Labute approximate surface area is 107 Å². The van der Waals surface area contributed by atoms with Crippen LogP contribution in [0.4, 0.5) is 0 Å². The molecule has 0 saturated carbocycles. The van der Waals surface area contributed by atoms with Gasteiger partial charge in [-0.25, -0.2) is 0 Å². The molecule has 5 heteroatoms. The first-order valence-corrected chi connectivity index (χ1v) is 7.95. The molecule has 1 saturated heterocycles. The lowest BCUT2D eigenvalue weighted by atomic mass is 10.0. The normalized spacial score (nSPS) is 28.8. The van der Waals surface area contributed by atoms with Crippen molar-refractivity contribution in [1.82, 2.24) is 10.2 Å². The number of hydrogen-bond donors (Lipinski definition) is 1. The van der Waals surface area contributed by atoms with Gasteiger partial charge in [-0.1, -0.05) is 13.8 Å². The van der Waals surface area contributed by atoms with Crippen molar-refractivity contribution in [3.05, 3.63) is 0 Å². The van der Waals surface area contributed by atoms with E-state index in [0.29, 0.717) is 11.7 Å². The molecule has 17 heavy (non-hydrogen) atoms. The second kappa shape index (κ2) is 5.96. The Hall–Kier alpha value is -0.420. The van der Waals surface area contributed by atoms with Crippen LogP contribution in [0.1, 0.15) is 34.1 Å². The molecular weight excluding hydrogens is 236 g/mol. The Morgan fingerprint density at radius 2 is 2.00 bits per heavy atom. The molecule has 4 nitrogen and oxygen atoms in total. The molecular formula is C12H24N2O2S. The average Bonchev–Trinajstić information content (AvgIpc) is 2.51. The first-order chi connectivity index (χ1) is 7.84. The number of rotatable bonds is 5. The average molecular weight is 260 g/mol. The van der Waals surface area contributed by atoms with Crippen LogP contribution >= 0.6 is 0 Å². The quantitative estimate of drug-likeness (QED) is 0.800. The number of carbonyl (C=O) groups excluding carboxylic acids is 1. The van der Waals surface area contributed by atoms with Gasteiger partial charge in [-0.05, 0) is 26.2 Å². The lowest BCUT2D eigenvalue weighted by Gasteiger charge is -2.28. The summed E-state index contributed by atoms with van der Waals surface area (Å²) >= 11 is 0. The van der Waals surface area contributed by atoms with E-state index < -0.39 is 10.8 Å². The highest BCUT2D eigenvalue weighted by Gasteiger charge is 2.40. The standard InChI is InChI=1S/C12H24N2O2S/c1-8(2)11-12(15)14(10(4)13-11)9(3)6-7-17(5)16/h8-11,13H,6-7H2,1-5H3. The Morgan fingerprint density at radius 3 is 2.41 bits per heavy atom. The highest BCUT2D eigenvalue weighted by Crippen LogP contribution is 2.20. The van der Waals surface area contributed by atoms with E-state index in [0.717, 1.165) is 6.42 Å². The predicted molar refractivity (Wildman–Crippen MR) is 71.1 cm³/mol. The molecule has 0 aliphatic carbocycles. The topological polar surface area (TPSA) is 49.4 Å². The Bertz CT molecular complexity index is 307. The van der Waals surface area contributed by atoms with E-state index in [2.05, 4.69) is 19.2 Å². The summed E-state index contributed by atoms with van der Waals surface area (Å²) in [6, 6.07) is 0.0808. The third-order valence-corrected chi connectivity index (χ3v) is 4.13. The van der Waals surface area contributed by atoms with Gasteiger partial charge in [0.05, 0.1) is 12.2 Å². The van der Waals surface area contributed by atoms with Crippen molar-refractivity contribution in [3.8, 4) is 0 Å². The highest BCUT2D eigenvalue weighted by atomic mass is 32.2. The molecule has 1 N–H and O–H groups in total. The molecule has 0 bridgehead atoms. The van der Waals surface area contributed by atoms with Crippen LogP contribution in [0, 0.1) is 5.92 Å². The molecule has 1 rings (SSSR count). The SMILES string of the molecule is CC(C)C1NC(C)N(C(C)CCS(C)=O)C1=O. The Morgan fingerprint density at radius 1 is 1.41 bits per heavy atom. The molecule has 1 fully saturated rings. The molecule has 4 unspecified atom stereocenters. The first-order valence-electron chi connectivity index (χ1n) is 6.22. The van der Waals surface area contributed by atoms with Gasteiger partial charge in [-0.3, -0.25) is 14.3 Å². The fourth-order valence-electron chi connectivity index (χ4n) is 2.32. The molecule has 1 aliphatic heterocycles. The van der Waals surface area contributed by atoms with E-state index in [1.807, 2.05) is 18.7 Å². The summed E-state index contributed by atoms with van der Waals surface area (Å²) in [5.74, 6) is 1.15. The molecule has 0 aromatic heterocycles. The zero-order chi connectivity index (χ0) is 13.2. The molecule has 100 valence electrons. The van der Waals surface area contributed by atoms with Crippen LogP contribution < -0.4 is 5.32 Å². The van der Waals surface area contributed by atoms with Gasteiger partial charge in [0.1, 0.15) is 0 Å². The zero-order valence-corrected chi connectivity index (χ0v) is 12.2. The molecule has 1 amide bonds. The van der Waals surface area contributed by atoms with Crippen molar-refractivity contribution in [2.24, 2.45) is 5.92 Å². The highest BCUT2D eigenvalue weighted by molar-refractivity contribution is 7.84. The van der Waals surface area contributed by atoms with Crippen molar-refractivity contribution in [3.63, 3.8) is 0 Å². The van der Waals surface area contributed by atoms with E-state index in [-0.39, 0.29) is 24.2 Å². The van der Waals surface area contributed by atoms with Gasteiger partial charge in [0.2, 0.25) is 5.91 Å². The number of amides is 1. The van der Waals surface area contributed by atoms with E-state index in [4.69, 9.17) is 0 Å². The maximum Gasteiger partial charge on any atom is 0.241 e. The summed E-state index contributed by atoms with van der Waals surface area (Å²) < 4.78 is 11.1. The summed E-state index contributed by atoms with van der Waals surface area (Å²) in [7, 11) is -0.785. The molecule has 4 atom stereocenters. The van der Waals surface area contributed by atoms with Gasteiger partial charge >= 0.3 is 0 Å². The van der Waals surface area contributed by atoms with Crippen molar-refractivity contribution in [1.29, 1.82) is 0 Å². The van der Waals surface area contributed by atoms with E-state index in [1.54, 1.807) is 6.26 Å². The van der Waals surface area contributed by atoms with Crippen LogP contribution in [0.3, 0.4) is 0 Å². The van der Waals surface area contributed by atoms with E-state index >= 15 is 0 Å². The van der Waals surface area contributed by atoms with Crippen LogP contribution in [0.2, 0.25) is 0 Å². The molecule has 0 aromatic rings. The number of nitrogens with zero attached hydrogens (tertiary/aromatic N) is 1. The summed E-state index contributed by atoms with van der Waals surface area (Å²) in [4.78, 5) is 14.1. The van der Waals surface area contributed by atoms with E-state index in [1.165, 1.54) is 0 Å². The lowest BCUT2D eigenvalue weighted by molar-refractivity contribution is -0.132. The molecule has 0 radical (unpaired) electrons. The van der Waals surface area contributed by atoms with Gasteiger partial charge in [0.25, 0.3) is 0 Å². The monoisotopic (exact) mass is 260 g/mol. The Kier molecular flexibility index (Phi) is 5.13. The number of hydrogen-bond acceptors (Lipinski definition) is 3. The minimum atomic E-state index is -0.785. The smallest absolute Gasteiger partial charge is 0.241 e. The fourth-order valence-corrected chi connectivity index (χ4v) is 2.99. The van der Waals surface area contributed by atoms with Crippen LogP contribution in [-0.2, 0) is 15.6 Å². The summed E-state index contributed by atoms with van der Waals surface area (Å²) in [5, 5.41) is 3.32. The van der Waals surface area contributed by atoms with Crippen LogP contribution in [0.25, 0.3) is 0 Å². The van der Waals surface area contributed by atoms with Gasteiger partial charge in [0.15, 0.2) is 0 Å². The number of carbonyl (C=O) groups is 1. The van der Waals surface area contributed by atoms with Gasteiger partial charge in [0, 0.05) is 28.9 Å². The summed E-state index contributed by atoms with van der Waals surface area (Å²) in [5.41, 5.74) is 0. The fraction of sp³-hybridized carbons (Fsp3) is 0.917. The van der Waals surface area contributed by atoms with Gasteiger partial charge in [-0.15, -0.1) is 0 Å². The second-order valence-electron chi connectivity index (χ2n) is 5.22. The molecule has 1 aliphatic rings.